The molecule has 0 fully saturated rings. The number of rotatable bonds is 6. The van der Waals surface area contributed by atoms with Gasteiger partial charge in [0, 0.05) is 5.69 Å². The highest BCUT2D eigenvalue weighted by Crippen LogP contribution is 2.21. The van der Waals surface area contributed by atoms with E-state index in [0.717, 1.165) is 42.5 Å². The molecule has 0 aromatic heterocycles. The second kappa shape index (κ2) is 7.17. The lowest BCUT2D eigenvalue weighted by atomic mass is 10.0. The van der Waals surface area contributed by atoms with Crippen molar-refractivity contribution in [1.29, 1.82) is 0 Å². The summed E-state index contributed by atoms with van der Waals surface area (Å²) in [7, 11) is 0. The topological polar surface area (TPSA) is 55.1 Å². The van der Waals surface area contributed by atoms with E-state index in [2.05, 4.69) is 19.2 Å². The number of amides is 1. The predicted octanol–water partition coefficient (Wildman–Crippen LogP) is 3.01. The Hall–Kier alpha value is -1.35. The van der Waals surface area contributed by atoms with E-state index in [9.17, 15) is 4.79 Å². The molecule has 3 heteroatoms. The highest BCUT2D eigenvalue weighted by Gasteiger charge is 2.15. The van der Waals surface area contributed by atoms with Gasteiger partial charge in [0.25, 0.3) is 0 Å². The molecule has 0 aliphatic carbocycles. The Labute approximate surface area is 110 Å². The monoisotopic (exact) mass is 248 g/mol. The zero-order valence-corrected chi connectivity index (χ0v) is 11.6. The average molecular weight is 248 g/mol. The van der Waals surface area contributed by atoms with Crippen molar-refractivity contribution in [2.24, 2.45) is 5.73 Å². The minimum absolute atomic E-state index is 0.0764. The van der Waals surface area contributed by atoms with Crippen LogP contribution >= 0.6 is 0 Å². The second-order valence-corrected chi connectivity index (χ2v) is 4.70. The van der Waals surface area contributed by atoms with Crippen LogP contribution in [-0.2, 0) is 11.2 Å². The van der Waals surface area contributed by atoms with Crippen molar-refractivity contribution in [3.8, 4) is 0 Å². The molecule has 18 heavy (non-hydrogen) atoms. The molecule has 1 aromatic rings. The van der Waals surface area contributed by atoms with Gasteiger partial charge >= 0.3 is 0 Å². The number of para-hydroxylation sites is 1. The Morgan fingerprint density at radius 3 is 2.72 bits per heavy atom. The van der Waals surface area contributed by atoms with E-state index >= 15 is 0 Å². The third-order valence-corrected chi connectivity index (χ3v) is 3.19. The first-order chi connectivity index (χ1) is 8.60. The summed E-state index contributed by atoms with van der Waals surface area (Å²) in [5, 5.41) is 2.97. The van der Waals surface area contributed by atoms with Crippen LogP contribution < -0.4 is 11.1 Å². The molecule has 0 aliphatic rings. The van der Waals surface area contributed by atoms with Gasteiger partial charge in [0.1, 0.15) is 0 Å². The number of hydrogen-bond acceptors (Lipinski definition) is 2. The number of nitrogens with two attached hydrogens (primary N) is 1. The van der Waals surface area contributed by atoms with Gasteiger partial charge in [0.2, 0.25) is 5.91 Å². The van der Waals surface area contributed by atoms with E-state index in [-0.39, 0.29) is 5.91 Å². The SMILES string of the molecule is CCCC[C@H](N)C(=O)Nc1c(C)cccc1CC. The summed E-state index contributed by atoms with van der Waals surface area (Å²) >= 11 is 0. The normalized spacial score (nSPS) is 12.2. The van der Waals surface area contributed by atoms with Gasteiger partial charge in [-0.2, -0.15) is 0 Å². The van der Waals surface area contributed by atoms with Crippen molar-refractivity contribution < 1.29 is 4.79 Å². The lowest BCUT2D eigenvalue weighted by Gasteiger charge is -2.16. The number of anilines is 1. The third-order valence-electron chi connectivity index (χ3n) is 3.19. The Morgan fingerprint density at radius 1 is 1.39 bits per heavy atom. The number of unbranched alkanes of at least 4 members (excludes halogenated alkanes) is 1. The summed E-state index contributed by atoms with van der Waals surface area (Å²) in [5.41, 5.74) is 9.06. The van der Waals surface area contributed by atoms with Crippen LogP contribution in [0.4, 0.5) is 5.69 Å². The minimum Gasteiger partial charge on any atom is -0.324 e. The van der Waals surface area contributed by atoms with Crippen LogP contribution in [0.5, 0.6) is 0 Å². The fourth-order valence-electron chi connectivity index (χ4n) is 1.97. The summed E-state index contributed by atoms with van der Waals surface area (Å²) in [6.45, 7) is 6.19. The van der Waals surface area contributed by atoms with Crippen LogP contribution in [-0.4, -0.2) is 11.9 Å². The first-order valence-corrected chi connectivity index (χ1v) is 6.75. The second-order valence-electron chi connectivity index (χ2n) is 4.70. The molecule has 0 heterocycles. The molecule has 0 radical (unpaired) electrons. The molecule has 0 unspecified atom stereocenters. The van der Waals surface area contributed by atoms with E-state index in [1.165, 1.54) is 0 Å². The van der Waals surface area contributed by atoms with E-state index in [4.69, 9.17) is 5.73 Å². The van der Waals surface area contributed by atoms with Crippen LogP contribution in [0, 0.1) is 6.92 Å². The van der Waals surface area contributed by atoms with Gasteiger partial charge in [-0.05, 0) is 30.9 Å². The van der Waals surface area contributed by atoms with Crippen molar-refractivity contribution in [2.75, 3.05) is 5.32 Å². The van der Waals surface area contributed by atoms with Gasteiger partial charge in [-0.25, -0.2) is 0 Å². The largest absolute Gasteiger partial charge is 0.324 e. The Kier molecular flexibility index (Phi) is 5.86. The fraction of sp³-hybridized carbons (Fsp3) is 0.533. The predicted molar refractivity (Wildman–Crippen MR) is 76.7 cm³/mol. The van der Waals surface area contributed by atoms with Gasteiger partial charge in [-0.15, -0.1) is 0 Å². The number of carbonyl (C=O) groups is 1. The molecule has 100 valence electrons. The van der Waals surface area contributed by atoms with E-state index < -0.39 is 6.04 Å². The van der Waals surface area contributed by atoms with Gasteiger partial charge in [0.05, 0.1) is 6.04 Å². The zero-order valence-electron chi connectivity index (χ0n) is 11.6. The van der Waals surface area contributed by atoms with Crippen molar-refractivity contribution in [3.63, 3.8) is 0 Å². The van der Waals surface area contributed by atoms with Gasteiger partial charge in [-0.1, -0.05) is 44.9 Å². The van der Waals surface area contributed by atoms with Crippen molar-refractivity contribution in [2.45, 2.75) is 52.5 Å². The molecule has 0 bridgehead atoms. The number of aryl methyl sites for hydroxylation is 2. The number of hydrogen-bond donors (Lipinski definition) is 2. The standard InChI is InChI=1S/C15H24N2O/c1-4-6-10-13(16)15(18)17-14-11(3)8-7-9-12(14)5-2/h7-9,13H,4-6,10,16H2,1-3H3,(H,17,18)/t13-/m0/s1. The third kappa shape index (κ3) is 3.84. The summed E-state index contributed by atoms with van der Waals surface area (Å²) in [5.74, 6) is -0.0764. The van der Waals surface area contributed by atoms with Crippen molar-refractivity contribution in [3.05, 3.63) is 29.3 Å². The Bertz CT molecular complexity index is 401. The molecule has 1 atom stereocenters. The molecule has 3 N–H and O–H groups in total. The number of benzene rings is 1. The molecule has 1 aromatic carbocycles. The van der Waals surface area contributed by atoms with Gasteiger partial charge in [0.15, 0.2) is 0 Å². The summed E-state index contributed by atoms with van der Waals surface area (Å²) in [6, 6.07) is 5.65. The molecule has 1 rings (SSSR count). The quantitative estimate of drug-likeness (QED) is 0.813. The highest BCUT2D eigenvalue weighted by molar-refractivity contribution is 5.96. The molecular formula is C15H24N2O. The summed E-state index contributed by atoms with van der Waals surface area (Å²) in [4.78, 5) is 12.0. The number of nitrogens with one attached hydrogen (secondary N) is 1. The van der Waals surface area contributed by atoms with Crippen LogP contribution in [0.2, 0.25) is 0 Å². The van der Waals surface area contributed by atoms with E-state index in [1.807, 2.05) is 25.1 Å². The zero-order chi connectivity index (χ0) is 13.5. The number of carbonyl (C=O) groups excluding carboxylic acids is 1. The fourth-order valence-corrected chi connectivity index (χ4v) is 1.97. The summed E-state index contributed by atoms with van der Waals surface area (Å²) in [6.07, 6.45) is 3.70. The van der Waals surface area contributed by atoms with Crippen LogP contribution in [0.3, 0.4) is 0 Å². The highest BCUT2D eigenvalue weighted by atomic mass is 16.2. The van der Waals surface area contributed by atoms with Crippen LogP contribution in [0.25, 0.3) is 0 Å². The van der Waals surface area contributed by atoms with Crippen molar-refractivity contribution in [1.82, 2.24) is 0 Å². The minimum atomic E-state index is -0.408. The molecule has 0 spiro atoms. The van der Waals surface area contributed by atoms with E-state index in [1.54, 1.807) is 0 Å². The smallest absolute Gasteiger partial charge is 0.241 e. The van der Waals surface area contributed by atoms with E-state index in [0.29, 0.717) is 0 Å². The Balaban J connectivity index is 2.75. The Morgan fingerprint density at radius 2 is 2.11 bits per heavy atom. The molecule has 0 saturated heterocycles. The first-order valence-electron chi connectivity index (χ1n) is 6.75. The lowest BCUT2D eigenvalue weighted by Crippen LogP contribution is -2.35. The molecule has 1 amide bonds. The van der Waals surface area contributed by atoms with Crippen LogP contribution in [0.1, 0.15) is 44.2 Å². The maximum atomic E-state index is 12.0. The average Bonchev–Trinajstić information content (AvgIpc) is 2.38. The maximum Gasteiger partial charge on any atom is 0.241 e. The maximum absolute atomic E-state index is 12.0. The first kappa shape index (κ1) is 14.7. The molecule has 3 nitrogen and oxygen atoms in total. The summed E-state index contributed by atoms with van der Waals surface area (Å²) < 4.78 is 0. The molecule has 0 aliphatic heterocycles. The van der Waals surface area contributed by atoms with Gasteiger partial charge in [-0.3, -0.25) is 4.79 Å². The lowest BCUT2D eigenvalue weighted by molar-refractivity contribution is -0.117. The molecule has 0 saturated carbocycles. The molecular weight excluding hydrogens is 224 g/mol. The van der Waals surface area contributed by atoms with Crippen molar-refractivity contribution >= 4 is 11.6 Å². The van der Waals surface area contributed by atoms with Crippen LogP contribution in [0.15, 0.2) is 18.2 Å². The van der Waals surface area contributed by atoms with Gasteiger partial charge < -0.3 is 11.1 Å².